The number of fused-ring (bicyclic) bond motifs is 3. The molecule has 2 saturated heterocycles. The van der Waals surface area contributed by atoms with E-state index in [2.05, 4.69) is 0 Å². The molecule has 6 atom stereocenters. The number of ketones is 2. The van der Waals surface area contributed by atoms with Crippen LogP contribution in [0.15, 0.2) is 60.7 Å². The van der Waals surface area contributed by atoms with E-state index in [1.54, 1.807) is 77.9 Å². The van der Waals surface area contributed by atoms with Crippen molar-refractivity contribution in [2.45, 2.75) is 109 Å². The van der Waals surface area contributed by atoms with Crippen LogP contribution >= 0.6 is 0 Å². The molecule has 0 aromatic heterocycles. The number of esters is 1. The summed E-state index contributed by atoms with van der Waals surface area (Å²) in [7, 11) is 0. The van der Waals surface area contributed by atoms with Gasteiger partial charge in [0.2, 0.25) is 5.78 Å². The molecule has 3 aromatic rings. The smallest absolute Gasteiger partial charge is 0.411 e. The highest BCUT2D eigenvalue weighted by molar-refractivity contribution is 6.12. The molecular weight excluding hydrogens is 692 g/mol. The lowest BCUT2D eigenvalue weighted by Gasteiger charge is -2.37. The van der Waals surface area contributed by atoms with Crippen LogP contribution in [0.1, 0.15) is 94.4 Å². The lowest BCUT2D eigenvalue weighted by Crippen LogP contribution is -2.57. The number of likely N-dealkylation sites (tertiary alicyclic amines) is 2. The number of aliphatic carboxylic acids is 1. The van der Waals surface area contributed by atoms with Gasteiger partial charge in [-0.05, 0) is 101 Å². The van der Waals surface area contributed by atoms with Crippen molar-refractivity contribution in [3.8, 4) is 11.1 Å². The molecule has 0 spiro atoms. The van der Waals surface area contributed by atoms with Crippen molar-refractivity contribution in [1.29, 1.82) is 0 Å². The van der Waals surface area contributed by atoms with Gasteiger partial charge >= 0.3 is 24.1 Å². The Morgan fingerprint density at radius 3 is 2.04 bits per heavy atom. The second-order valence-corrected chi connectivity index (χ2v) is 17.1. The van der Waals surface area contributed by atoms with E-state index in [1.807, 2.05) is 24.3 Å². The van der Waals surface area contributed by atoms with Crippen LogP contribution in [0, 0.1) is 11.8 Å². The van der Waals surface area contributed by atoms with Crippen LogP contribution < -0.4 is 0 Å². The average Bonchev–Trinajstić information content (AvgIpc) is 3.97. The Morgan fingerprint density at radius 1 is 0.741 bits per heavy atom. The summed E-state index contributed by atoms with van der Waals surface area (Å²) in [5.41, 5.74) is -0.977. The molecule has 2 saturated carbocycles. The van der Waals surface area contributed by atoms with E-state index in [0.717, 1.165) is 22.9 Å². The molecular formula is C42H46N2O10. The Kier molecular flexibility index (Phi) is 9.09. The number of rotatable bonds is 9. The van der Waals surface area contributed by atoms with Gasteiger partial charge in [0.15, 0.2) is 17.9 Å². The van der Waals surface area contributed by atoms with E-state index in [4.69, 9.17) is 14.2 Å². The summed E-state index contributed by atoms with van der Waals surface area (Å²) in [5, 5.41) is 11.8. The predicted octanol–water partition coefficient (Wildman–Crippen LogP) is 7.06. The number of carbonyl (C=O) groups excluding carboxylic acids is 5. The molecule has 2 amide bonds. The monoisotopic (exact) mass is 738 g/mol. The van der Waals surface area contributed by atoms with Gasteiger partial charge in [-0.1, -0.05) is 60.7 Å². The SMILES string of the molecule is CC(C)(C)OC(=O)N1[C@@H]2C[C@@H]2C[C@H]1C(=O)OCC(=O)c1cccc2c(-c3ccc(C(=O)C[C@]4(C(=O)O)C[C@H]5C[C@H]5N4C(=O)OC(C)(C)C)cc3)cccc12. The number of benzene rings is 3. The fourth-order valence-electron chi connectivity index (χ4n) is 8.22. The third-order valence-corrected chi connectivity index (χ3v) is 10.8. The van der Waals surface area contributed by atoms with Crippen LogP contribution in [0.5, 0.6) is 0 Å². The summed E-state index contributed by atoms with van der Waals surface area (Å²) < 4.78 is 16.6. The first-order chi connectivity index (χ1) is 25.4. The first-order valence-electron chi connectivity index (χ1n) is 18.5. The van der Waals surface area contributed by atoms with Gasteiger partial charge in [0.1, 0.15) is 17.2 Å². The number of carbonyl (C=O) groups is 6. The number of ether oxygens (including phenoxy) is 3. The van der Waals surface area contributed by atoms with Gasteiger partial charge in [0, 0.05) is 29.6 Å². The largest absolute Gasteiger partial charge is 0.479 e. The molecule has 0 radical (unpaired) electrons. The number of hydrogen-bond donors (Lipinski definition) is 1. The summed E-state index contributed by atoms with van der Waals surface area (Å²) in [6, 6.07) is 16.5. The molecule has 2 aliphatic carbocycles. The summed E-state index contributed by atoms with van der Waals surface area (Å²) in [5.74, 6) is -2.40. The van der Waals surface area contributed by atoms with Crippen molar-refractivity contribution in [3.63, 3.8) is 0 Å². The van der Waals surface area contributed by atoms with Gasteiger partial charge in [0.05, 0.1) is 0 Å². The summed E-state index contributed by atoms with van der Waals surface area (Å²) in [6.07, 6.45) is 0.526. The summed E-state index contributed by atoms with van der Waals surface area (Å²) in [6.45, 7) is 9.96. The minimum absolute atomic E-state index is 0.0197. The number of nitrogens with zero attached hydrogens (tertiary/aromatic N) is 2. The second-order valence-electron chi connectivity index (χ2n) is 17.1. The third-order valence-electron chi connectivity index (χ3n) is 10.8. The zero-order valence-electron chi connectivity index (χ0n) is 31.4. The van der Waals surface area contributed by atoms with Crippen LogP contribution in [-0.4, -0.2) is 92.1 Å². The highest BCUT2D eigenvalue weighted by atomic mass is 16.6. The molecule has 1 N–H and O–H groups in total. The zero-order valence-corrected chi connectivity index (χ0v) is 31.4. The number of piperidine rings is 2. The van der Waals surface area contributed by atoms with E-state index in [9.17, 15) is 33.9 Å². The highest BCUT2D eigenvalue weighted by Gasteiger charge is 2.66. The van der Waals surface area contributed by atoms with Gasteiger partial charge in [-0.2, -0.15) is 0 Å². The molecule has 12 heteroatoms. The van der Waals surface area contributed by atoms with Crippen molar-refractivity contribution in [2.24, 2.45) is 11.8 Å². The zero-order chi connectivity index (χ0) is 38.9. The van der Waals surface area contributed by atoms with Gasteiger partial charge in [-0.3, -0.25) is 19.4 Å². The van der Waals surface area contributed by atoms with Crippen molar-refractivity contribution < 1.29 is 48.1 Å². The topological polar surface area (TPSA) is 157 Å². The van der Waals surface area contributed by atoms with Crippen LogP contribution in [0.2, 0.25) is 0 Å². The molecule has 2 heterocycles. The predicted molar refractivity (Wildman–Crippen MR) is 197 cm³/mol. The lowest BCUT2D eigenvalue weighted by molar-refractivity contribution is -0.150. The summed E-state index contributed by atoms with van der Waals surface area (Å²) >= 11 is 0. The fourth-order valence-corrected chi connectivity index (χ4v) is 8.22. The Bertz CT molecular complexity index is 2060. The lowest BCUT2D eigenvalue weighted by atomic mass is 9.85. The van der Waals surface area contributed by atoms with Crippen LogP contribution in [0.3, 0.4) is 0 Å². The molecule has 284 valence electrons. The number of carboxylic acids is 1. The number of Topliss-reactive ketones (excluding diaryl/α,β-unsaturated/α-hetero) is 2. The first kappa shape index (κ1) is 37.1. The maximum absolute atomic E-state index is 13.6. The van der Waals surface area contributed by atoms with Gasteiger partial charge < -0.3 is 19.3 Å². The molecule has 0 bridgehead atoms. The highest BCUT2D eigenvalue weighted by Crippen LogP contribution is 2.55. The van der Waals surface area contributed by atoms with E-state index in [0.29, 0.717) is 29.4 Å². The average molecular weight is 739 g/mol. The van der Waals surface area contributed by atoms with Crippen molar-refractivity contribution in [3.05, 3.63) is 71.8 Å². The fraction of sp³-hybridized carbons (Fsp3) is 0.476. The van der Waals surface area contributed by atoms with E-state index < -0.39 is 65.1 Å². The maximum Gasteiger partial charge on any atom is 0.411 e. The van der Waals surface area contributed by atoms with Crippen molar-refractivity contribution in [1.82, 2.24) is 9.80 Å². The Balaban J connectivity index is 1.05. The van der Waals surface area contributed by atoms with Crippen molar-refractivity contribution >= 4 is 46.5 Å². The molecule has 2 aliphatic heterocycles. The normalized spacial score (nSPS) is 25.4. The van der Waals surface area contributed by atoms with Gasteiger partial charge in [-0.25, -0.2) is 19.2 Å². The van der Waals surface area contributed by atoms with Crippen LogP contribution in [0.4, 0.5) is 9.59 Å². The standard InChI is InChI=1S/C42H46N2O10/c1-40(2,3)53-38(50)43-31-17-25(31)18-33(43)36(47)52-22-35(46)30-12-8-10-28-27(9-7-11-29(28)30)23-13-15-24(16-14-23)34(45)21-42(37(48)49)20-26-19-32(26)44(42)39(51)54-41(4,5)6/h7-16,25-26,31-33H,17-22H2,1-6H3,(H,48,49)/t25-,26-,31-,32-,33+,42+/m1/s1. The van der Waals surface area contributed by atoms with E-state index in [1.165, 1.54) is 9.80 Å². The van der Waals surface area contributed by atoms with Gasteiger partial charge in [-0.15, -0.1) is 0 Å². The minimum atomic E-state index is -1.69. The molecule has 0 unspecified atom stereocenters. The molecule has 3 aromatic carbocycles. The molecule has 7 rings (SSSR count). The minimum Gasteiger partial charge on any atom is -0.479 e. The Morgan fingerprint density at radius 2 is 1.37 bits per heavy atom. The third kappa shape index (κ3) is 7.05. The summed E-state index contributed by atoms with van der Waals surface area (Å²) in [4.78, 5) is 81.9. The van der Waals surface area contributed by atoms with E-state index in [-0.39, 0.29) is 36.8 Å². The number of carboxylic acid groups (broad SMARTS) is 1. The number of hydrogen-bond acceptors (Lipinski definition) is 9. The molecule has 54 heavy (non-hydrogen) atoms. The molecule has 4 fully saturated rings. The Labute approximate surface area is 313 Å². The molecule has 12 nitrogen and oxygen atoms in total. The van der Waals surface area contributed by atoms with Crippen molar-refractivity contribution in [2.75, 3.05) is 6.61 Å². The van der Waals surface area contributed by atoms with Gasteiger partial charge in [0.25, 0.3) is 0 Å². The first-order valence-corrected chi connectivity index (χ1v) is 18.5. The van der Waals surface area contributed by atoms with Crippen LogP contribution in [0.25, 0.3) is 21.9 Å². The maximum atomic E-state index is 13.6. The number of amides is 2. The second kappa shape index (κ2) is 13.2. The Hall–Kier alpha value is -5.26. The molecule has 4 aliphatic rings. The quantitative estimate of drug-likeness (QED) is 0.137. The van der Waals surface area contributed by atoms with E-state index >= 15 is 0 Å². The van der Waals surface area contributed by atoms with Crippen LogP contribution in [-0.2, 0) is 23.8 Å².